The molecule has 4 heteroatoms. The van der Waals surface area contributed by atoms with E-state index in [1.807, 2.05) is 26.0 Å². The number of rotatable bonds is 5. The Morgan fingerprint density at radius 2 is 2.12 bits per heavy atom. The van der Waals surface area contributed by atoms with Gasteiger partial charge in [0.2, 0.25) is 5.91 Å². The molecule has 0 saturated carbocycles. The van der Waals surface area contributed by atoms with Crippen molar-refractivity contribution in [3.63, 3.8) is 0 Å². The zero-order chi connectivity index (χ0) is 12.0. The molecule has 1 aromatic carbocycles. The van der Waals surface area contributed by atoms with Gasteiger partial charge in [0.05, 0.1) is 18.1 Å². The number of ether oxygens (including phenoxy) is 1. The maximum absolute atomic E-state index is 11.3. The molecule has 0 radical (unpaired) electrons. The van der Waals surface area contributed by atoms with Gasteiger partial charge in [-0.2, -0.15) is 0 Å². The summed E-state index contributed by atoms with van der Waals surface area (Å²) in [5.41, 5.74) is 0. The quantitative estimate of drug-likeness (QED) is 0.861. The Kier molecular flexibility index (Phi) is 5.12. The Morgan fingerprint density at radius 3 is 2.75 bits per heavy atom. The zero-order valence-electron chi connectivity index (χ0n) is 9.50. The van der Waals surface area contributed by atoms with Crippen molar-refractivity contribution in [1.29, 1.82) is 0 Å². The van der Waals surface area contributed by atoms with E-state index in [4.69, 9.17) is 16.3 Å². The van der Waals surface area contributed by atoms with Gasteiger partial charge < -0.3 is 10.1 Å². The number of nitrogens with one attached hydrogen (secondary N) is 1. The molecule has 0 unspecified atom stereocenters. The molecule has 0 spiro atoms. The van der Waals surface area contributed by atoms with Crippen molar-refractivity contribution in [2.24, 2.45) is 0 Å². The zero-order valence-corrected chi connectivity index (χ0v) is 10.3. The third-order valence-corrected chi connectivity index (χ3v) is 2.19. The van der Waals surface area contributed by atoms with E-state index in [1.165, 1.54) is 0 Å². The first-order valence-corrected chi connectivity index (χ1v) is 5.64. The highest BCUT2D eigenvalue weighted by molar-refractivity contribution is 6.32. The SMILES string of the molecule is CC(C)NC(=O)CCOc1ccccc1Cl. The van der Waals surface area contributed by atoms with Crippen molar-refractivity contribution in [1.82, 2.24) is 5.32 Å². The molecule has 1 aromatic rings. The van der Waals surface area contributed by atoms with Crippen LogP contribution in [0.2, 0.25) is 5.02 Å². The molecule has 0 aliphatic rings. The summed E-state index contributed by atoms with van der Waals surface area (Å²) < 4.78 is 5.40. The second kappa shape index (κ2) is 6.38. The molecule has 0 saturated heterocycles. The van der Waals surface area contributed by atoms with Crippen LogP contribution in [-0.2, 0) is 4.79 Å². The van der Waals surface area contributed by atoms with E-state index in [-0.39, 0.29) is 11.9 Å². The van der Waals surface area contributed by atoms with Crippen LogP contribution in [0, 0.1) is 0 Å². The first-order chi connectivity index (χ1) is 7.59. The fraction of sp³-hybridized carbons (Fsp3) is 0.417. The predicted octanol–water partition coefficient (Wildman–Crippen LogP) is 2.63. The molecule has 0 aromatic heterocycles. The van der Waals surface area contributed by atoms with E-state index >= 15 is 0 Å². The molecule has 3 nitrogen and oxygen atoms in total. The number of amides is 1. The van der Waals surface area contributed by atoms with Crippen LogP contribution in [0.5, 0.6) is 5.75 Å². The first kappa shape index (κ1) is 12.8. The molecule has 0 heterocycles. The van der Waals surface area contributed by atoms with Gasteiger partial charge in [0.1, 0.15) is 5.75 Å². The molecule has 1 N–H and O–H groups in total. The van der Waals surface area contributed by atoms with Crippen molar-refractivity contribution in [3.8, 4) is 5.75 Å². The van der Waals surface area contributed by atoms with E-state index in [1.54, 1.807) is 12.1 Å². The van der Waals surface area contributed by atoms with Gasteiger partial charge in [0.25, 0.3) is 0 Å². The lowest BCUT2D eigenvalue weighted by Gasteiger charge is -2.09. The van der Waals surface area contributed by atoms with Crippen LogP contribution < -0.4 is 10.1 Å². The average Bonchev–Trinajstić information content (AvgIpc) is 2.19. The summed E-state index contributed by atoms with van der Waals surface area (Å²) in [7, 11) is 0. The van der Waals surface area contributed by atoms with Crippen molar-refractivity contribution in [3.05, 3.63) is 29.3 Å². The molecule has 1 amide bonds. The van der Waals surface area contributed by atoms with Gasteiger partial charge in [-0.1, -0.05) is 23.7 Å². The minimum absolute atomic E-state index is 0.0120. The largest absolute Gasteiger partial charge is 0.491 e. The molecule has 0 fully saturated rings. The number of hydrogen-bond donors (Lipinski definition) is 1. The summed E-state index contributed by atoms with van der Waals surface area (Å²) in [6.07, 6.45) is 0.337. The molecule has 0 aliphatic carbocycles. The van der Waals surface area contributed by atoms with Gasteiger partial charge in [-0.3, -0.25) is 4.79 Å². The van der Waals surface area contributed by atoms with Crippen LogP contribution in [0.4, 0.5) is 0 Å². The van der Waals surface area contributed by atoms with Crippen molar-refractivity contribution in [2.45, 2.75) is 26.3 Å². The van der Waals surface area contributed by atoms with E-state index in [0.29, 0.717) is 23.8 Å². The highest BCUT2D eigenvalue weighted by Crippen LogP contribution is 2.22. The lowest BCUT2D eigenvalue weighted by molar-refractivity contribution is -0.122. The van der Waals surface area contributed by atoms with Crippen LogP contribution in [0.25, 0.3) is 0 Å². The summed E-state index contributed by atoms with van der Waals surface area (Å²) in [4.78, 5) is 11.3. The van der Waals surface area contributed by atoms with Crippen molar-refractivity contribution < 1.29 is 9.53 Å². The van der Waals surface area contributed by atoms with Crippen LogP contribution in [0.1, 0.15) is 20.3 Å². The van der Waals surface area contributed by atoms with Gasteiger partial charge in [-0.25, -0.2) is 0 Å². The van der Waals surface area contributed by atoms with Gasteiger partial charge in [0.15, 0.2) is 0 Å². The number of halogens is 1. The summed E-state index contributed by atoms with van der Waals surface area (Å²) >= 11 is 5.90. The lowest BCUT2D eigenvalue weighted by Crippen LogP contribution is -2.31. The Bertz CT molecular complexity index is 353. The number of carbonyl (C=O) groups is 1. The molecule has 0 atom stereocenters. The van der Waals surface area contributed by atoms with Crippen molar-refractivity contribution >= 4 is 17.5 Å². The highest BCUT2D eigenvalue weighted by atomic mass is 35.5. The second-order valence-electron chi connectivity index (χ2n) is 3.75. The third kappa shape index (κ3) is 4.53. The molecule has 88 valence electrons. The molecule has 1 rings (SSSR count). The number of hydrogen-bond acceptors (Lipinski definition) is 2. The Morgan fingerprint density at radius 1 is 1.44 bits per heavy atom. The fourth-order valence-corrected chi connectivity index (χ4v) is 1.40. The summed E-state index contributed by atoms with van der Waals surface area (Å²) in [5.74, 6) is 0.601. The summed E-state index contributed by atoms with van der Waals surface area (Å²) in [6.45, 7) is 4.18. The minimum Gasteiger partial charge on any atom is -0.491 e. The Labute approximate surface area is 101 Å². The highest BCUT2D eigenvalue weighted by Gasteiger charge is 2.04. The van der Waals surface area contributed by atoms with Gasteiger partial charge in [-0.15, -0.1) is 0 Å². The van der Waals surface area contributed by atoms with Crippen molar-refractivity contribution in [2.75, 3.05) is 6.61 Å². The second-order valence-corrected chi connectivity index (χ2v) is 4.16. The smallest absolute Gasteiger partial charge is 0.223 e. The molecular weight excluding hydrogens is 226 g/mol. The first-order valence-electron chi connectivity index (χ1n) is 5.26. The van der Waals surface area contributed by atoms with Crippen LogP contribution in [-0.4, -0.2) is 18.6 Å². The van der Waals surface area contributed by atoms with Gasteiger partial charge >= 0.3 is 0 Å². The van der Waals surface area contributed by atoms with Crippen LogP contribution in [0.3, 0.4) is 0 Å². The predicted molar refractivity (Wildman–Crippen MR) is 64.8 cm³/mol. The Balaban J connectivity index is 2.31. The number of carbonyl (C=O) groups excluding carboxylic acids is 1. The molecular formula is C12H16ClNO2. The topological polar surface area (TPSA) is 38.3 Å². The summed E-state index contributed by atoms with van der Waals surface area (Å²) in [6, 6.07) is 7.37. The van der Waals surface area contributed by atoms with E-state index < -0.39 is 0 Å². The maximum Gasteiger partial charge on any atom is 0.223 e. The summed E-state index contributed by atoms with van der Waals surface area (Å²) in [5, 5.41) is 3.35. The van der Waals surface area contributed by atoms with Gasteiger partial charge in [-0.05, 0) is 26.0 Å². The third-order valence-electron chi connectivity index (χ3n) is 1.87. The van der Waals surface area contributed by atoms with E-state index in [2.05, 4.69) is 5.32 Å². The number of benzene rings is 1. The Hall–Kier alpha value is -1.22. The van der Waals surface area contributed by atoms with Crippen LogP contribution in [0.15, 0.2) is 24.3 Å². The van der Waals surface area contributed by atoms with Crippen LogP contribution >= 0.6 is 11.6 Å². The maximum atomic E-state index is 11.3. The molecule has 16 heavy (non-hydrogen) atoms. The minimum atomic E-state index is -0.0120. The number of para-hydroxylation sites is 1. The lowest BCUT2D eigenvalue weighted by atomic mass is 10.3. The van der Waals surface area contributed by atoms with Gasteiger partial charge in [0, 0.05) is 6.04 Å². The monoisotopic (exact) mass is 241 g/mol. The normalized spacial score (nSPS) is 10.2. The molecule has 0 aliphatic heterocycles. The fourth-order valence-electron chi connectivity index (χ4n) is 1.21. The standard InChI is InChI=1S/C12H16ClNO2/c1-9(2)14-12(15)7-8-16-11-6-4-3-5-10(11)13/h3-6,9H,7-8H2,1-2H3,(H,14,15). The average molecular weight is 242 g/mol. The van der Waals surface area contributed by atoms with E-state index in [9.17, 15) is 4.79 Å². The molecule has 0 bridgehead atoms. The van der Waals surface area contributed by atoms with E-state index in [0.717, 1.165) is 0 Å².